The van der Waals surface area contributed by atoms with Crippen LogP contribution in [0.25, 0.3) is 5.69 Å². The molecule has 8 nitrogen and oxygen atoms in total. The van der Waals surface area contributed by atoms with E-state index in [4.69, 9.17) is 16.3 Å². The van der Waals surface area contributed by atoms with Crippen LogP contribution < -0.4 is 10.6 Å². The Morgan fingerprint density at radius 3 is 2.53 bits per heavy atom. The number of nitrogens with one attached hydrogen (secondary N) is 2. The summed E-state index contributed by atoms with van der Waals surface area (Å²) in [7, 11) is 0. The Kier molecular flexibility index (Phi) is 6.36. The third-order valence-corrected chi connectivity index (χ3v) is 5.42. The van der Waals surface area contributed by atoms with Crippen molar-refractivity contribution in [1.29, 1.82) is 0 Å². The molecule has 0 aliphatic heterocycles. The van der Waals surface area contributed by atoms with Gasteiger partial charge in [-0.1, -0.05) is 41.8 Å². The molecule has 0 atom stereocenters. The van der Waals surface area contributed by atoms with Crippen LogP contribution in [0.5, 0.6) is 0 Å². The van der Waals surface area contributed by atoms with Gasteiger partial charge in [0, 0.05) is 6.54 Å². The van der Waals surface area contributed by atoms with Gasteiger partial charge in [0.1, 0.15) is 5.60 Å². The number of para-hydroxylation sites is 1. The van der Waals surface area contributed by atoms with Crippen molar-refractivity contribution < 1.29 is 14.3 Å². The summed E-state index contributed by atoms with van der Waals surface area (Å²) in [5.74, 6) is -0.321. The fourth-order valence-corrected chi connectivity index (χ4v) is 3.86. The Bertz CT molecular complexity index is 929. The standard InChI is InChI=1S/C21H28ClN5O3/c1-14-17(25-26-27(14)16-10-6-5-9-15(16)22)18(28)24-21(11-7-8-12-21)13-23-19(29)30-20(2,3)4/h5-6,9-10H,7-8,11-13H2,1-4H3,(H,23,29)(H,24,28). The van der Waals surface area contributed by atoms with Crippen molar-refractivity contribution in [3.8, 4) is 5.69 Å². The maximum Gasteiger partial charge on any atom is 0.407 e. The highest BCUT2D eigenvalue weighted by Crippen LogP contribution is 2.30. The Labute approximate surface area is 181 Å². The first kappa shape index (κ1) is 22.1. The lowest BCUT2D eigenvalue weighted by atomic mass is 9.97. The molecule has 1 aromatic carbocycles. The Morgan fingerprint density at radius 2 is 1.90 bits per heavy atom. The number of carbonyl (C=O) groups excluding carboxylic acids is 2. The van der Waals surface area contributed by atoms with Gasteiger partial charge < -0.3 is 15.4 Å². The molecule has 3 rings (SSSR count). The molecule has 2 amide bonds. The number of rotatable bonds is 5. The minimum Gasteiger partial charge on any atom is -0.444 e. The highest BCUT2D eigenvalue weighted by molar-refractivity contribution is 6.32. The second kappa shape index (κ2) is 8.63. The first-order valence-corrected chi connectivity index (χ1v) is 10.4. The zero-order valence-corrected chi connectivity index (χ0v) is 18.5. The van der Waals surface area contributed by atoms with E-state index in [1.54, 1.807) is 17.7 Å². The van der Waals surface area contributed by atoms with E-state index in [2.05, 4.69) is 20.9 Å². The molecule has 1 aromatic heterocycles. The third kappa shape index (κ3) is 5.11. The molecule has 0 bridgehead atoms. The van der Waals surface area contributed by atoms with Crippen molar-refractivity contribution in [2.24, 2.45) is 0 Å². The van der Waals surface area contributed by atoms with Crippen molar-refractivity contribution in [3.63, 3.8) is 0 Å². The topological polar surface area (TPSA) is 98.1 Å². The van der Waals surface area contributed by atoms with Crippen LogP contribution in [0.15, 0.2) is 24.3 Å². The summed E-state index contributed by atoms with van der Waals surface area (Å²) in [4.78, 5) is 25.1. The summed E-state index contributed by atoms with van der Waals surface area (Å²) in [6.07, 6.45) is 2.99. The maximum atomic E-state index is 13.0. The van der Waals surface area contributed by atoms with Crippen molar-refractivity contribution in [2.75, 3.05) is 6.54 Å². The number of carbonyl (C=O) groups is 2. The molecule has 2 N–H and O–H groups in total. The Balaban J connectivity index is 1.73. The average Bonchev–Trinajstić information content (AvgIpc) is 3.26. The van der Waals surface area contributed by atoms with Crippen LogP contribution in [0.1, 0.15) is 62.6 Å². The van der Waals surface area contributed by atoms with Crippen molar-refractivity contribution in [2.45, 2.75) is 64.5 Å². The van der Waals surface area contributed by atoms with E-state index in [1.165, 1.54) is 0 Å². The molecule has 162 valence electrons. The van der Waals surface area contributed by atoms with Gasteiger partial charge in [-0.05, 0) is 52.7 Å². The van der Waals surface area contributed by atoms with Crippen LogP contribution in [0.3, 0.4) is 0 Å². The lowest BCUT2D eigenvalue weighted by molar-refractivity contribution is 0.0504. The smallest absolute Gasteiger partial charge is 0.407 e. The molecular weight excluding hydrogens is 406 g/mol. The van der Waals surface area contributed by atoms with E-state index >= 15 is 0 Å². The monoisotopic (exact) mass is 433 g/mol. The lowest BCUT2D eigenvalue weighted by Gasteiger charge is -2.31. The Morgan fingerprint density at radius 1 is 1.23 bits per heavy atom. The predicted molar refractivity (Wildman–Crippen MR) is 114 cm³/mol. The van der Waals surface area contributed by atoms with Crippen LogP contribution in [-0.2, 0) is 4.74 Å². The molecule has 1 heterocycles. The summed E-state index contributed by atoms with van der Waals surface area (Å²) < 4.78 is 6.87. The zero-order valence-electron chi connectivity index (χ0n) is 17.8. The molecule has 1 saturated carbocycles. The number of ether oxygens (including phenoxy) is 1. The molecule has 2 aromatic rings. The average molecular weight is 434 g/mol. The molecule has 0 radical (unpaired) electrons. The molecule has 1 fully saturated rings. The SMILES string of the molecule is Cc1c(C(=O)NC2(CNC(=O)OC(C)(C)C)CCCC2)nnn1-c1ccccc1Cl. The number of amides is 2. The molecular formula is C21H28ClN5O3. The van der Waals surface area contributed by atoms with E-state index in [0.29, 0.717) is 22.9 Å². The van der Waals surface area contributed by atoms with Crippen LogP contribution in [0.4, 0.5) is 4.79 Å². The minimum atomic E-state index is -0.579. The predicted octanol–water partition coefficient (Wildman–Crippen LogP) is 3.80. The zero-order chi connectivity index (χ0) is 21.9. The van der Waals surface area contributed by atoms with Gasteiger partial charge >= 0.3 is 6.09 Å². The number of nitrogens with zero attached hydrogens (tertiary/aromatic N) is 3. The van der Waals surface area contributed by atoms with Gasteiger partial charge in [-0.3, -0.25) is 4.79 Å². The molecule has 0 saturated heterocycles. The van der Waals surface area contributed by atoms with Gasteiger partial charge in [0.15, 0.2) is 5.69 Å². The molecule has 9 heteroatoms. The number of hydrogen-bond acceptors (Lipinski definition) is 5. The number of aromatic nitrogens is 3. The summed E-state index contributed by atoms with van der Waals surface area (Å²) in [6, 6.07) is 7.24. The highest BCUT2D eigenvalue weighted by atomic mass is 35.5. The first-order valence-electron chi connectivity index (χ1n) is 10.1. The number of halogens is 1. The van der Waals surface area contributed by atoms with Crippen LogP contribution in [0, 0.1) is 6.92 Å². The number of hydrogen-bond donors (Lipinski definition) is 2. The normalized spacial score (nSPS) is 15.6. The van der Waals surface area contributed by atoms with E-state index < -0.39 is 17.2 Å². The third-order valence-electron chi connectivity index (χ3n) is 5.10. The van der Waals surface area contributed by atoms with Crippen LogP contribution in [-0.4, -0.2) is 44.7 Å². The van der Waals surface area contributed by atoms with Crippen molar-refractivity contribution in [3.05, 3.63) is 40.7 Å². The summed E-state index contributed by atoms with van der Waals surface area (Å²) in [5, 5.41) is 14.6. The van der Waals surface area contributed by atoms with Gasteiger partial charge in [-0.2, -0.15) is 0 Å². The van der Waals surface area contributed by atoms with Gasteiger partial charge in [-0.15, -0.1) is 5.10 Å². The number of alkyl carbamates (subject to hydrolysis) is 1. The van der Waals surface area contributed by atoms with Gasteiger partial charge in [0.05, 0.1) is 21.9 Å². The minimum absolute atomic E-state index is 0.235. The lowest BCUT2D eigenvalue weighted by Crippen LogP contribution is -2.54. The molecule has 0 spiro atoms. The summed E-state index contributed by atoms with van der Waals surface area (Å²) >= 11 is 6.25. The Hall–Kier alpha value is -2.61. The van der Waals surface area contributed by atoms with Gasteiger partial charge in [0.25, 0.3) is 5.91 Å². The van der Waals surface area contributed by atoms with Gasteiger partial charge in [0.2, 0.25) is 0 Å². The van der Waals surface area contributed by atoms with Crippen molar-refractivity contribution >= 4 is 23.6 Å². The molecule has 1 aliphatic carbocycles. The molecule has 30 heavy (non-hydrogen) atoms. The van der Waals surface area contributed by atoms with E-state index in [0.717, 1.165) is 25.7 Å². The van der Waals surface area contributed by atoms with E-state index in [1.807, 2.05) is 39.0 Å². The van der Waals surface area contributed by atoms with Gasteiger partial charge in [-0.25, -0.2) is 9.48 Å². The maximum absolute atomic E-state index is 13.0. The highest BCUT2D eigenvalue weighted by Gasteiger charge is 2.37. The number of benzene rings is 1. The quantitative estimate of drug-likeness (QED) is 0.747. The second-order valence-electron chi connectivity index (χ2n) is 8.68. The summed E-state index contributed by atoms with van der Waals surface area (Å²) in [6.45, 7) is 7.50. The largest absolute Gasteiger partial charge is 0.444 e. The van der Waals surface area contributed by atoms with Crippen LogP contribution in [0.2, 0.25) is 5.02 Å². The second-order valence-corrected chi connectivity index (χ2v) is 9.09. The first-order chi connectivity index (χ1) is 14.1. The van der Waals surface area contributed by atoms with Crippen LogP contribution >= 0.6 is 11.6 Å². The molecule has 1 aliphatic rings. The summed E-state index contributed by atoms with van der Waals surface area (Å²) in [5.41, 5.74) is 0.372. The van der Waals surface area contributed by atoms with E-state index in [-0.39, 0.29) is 11.6 Å². The fourth-order valence-electron chi connectivity index (χ4n) is 3.64. The fraction of sp³-hybridized carbons (Fsp3) is 0.524. The van der Waals surface area contributed by atoms with E-state index in [9.17, 15) is 9.59 Å². The van der Waals surface area contributed by atoms with Crippen molar-refractivity contribution in [1.82, 2.24) is 25.6 Å². The molecule has 0 unspecified atom stereocenters.